The minimum absolute atomic E-state index is 0.289. The Morgan fingerprint density at radius 1 is 1.40 bits per heavy atom. The summed E-state index contributed by atoms with van der Waals surface area (Å²) in [5.41, 5.74) is 1.74. The van der Waals surface area contributed by atoms with E-state index in [2.05, 4.69) is 10.3 Å². The lowest BCUT2D eigenvalue weighted by atomic mass is 10.1. The molecular weight excluding hydrogens is 276 g/mol. The van der Waals surface area contributed by atoms with Crippen molar-refractivity contribution in [1.29, 1.82) is 0 Å². The number of aryl methyl sites for hydroxylation is 1. The van der Waals surface area contributed by atoms with Gasteiger partial charge in [-0.05, 0) is 31.0 Å². The Balaban J connectivity index is 1.89. The number of nitrogens with one attached hydrogen (secondary N) is 1. The van der Waals surface area contributed by atoms with Gasteiger partial charge in [-0.2, -0.15) is 0 Å². The topological polar surface area (TPSA) is 71.5 Å². The molecule has 0 amide bonds. The van der Waals surface area contributed by atoms with Crippen LogP contribution in [0.2, 0.25) is 0 Å². The first-order chi connectivity index (χ1) is 9.60. The fraction of sp³-hybridized carbons (Fsp3) is 0.286. The Kier molecular flexibility index (Phi) is 4.57. The number of rotatable bonds is 6. The van der Waals surface area contributed by atoms with Gasteiger partial charge in [0.05, 0.1) is 12.8 Å². The number of carbonyl (C=O) groups is 1. The lowest BCUT2D eigenvalue weighted by Gasteiger charge is -2.04. The largest absolute Gasteiger partial charge is 0.497 e. The van der Waals surface area contributed by atoms with Crippen molar-refractivity contribution in [3.05, 3.63) is 40.4 Å². The zero-order valence-corrected chi connectivity index (χ0v) is 12.2. The van der Waals surface area contributed by atoms with Crippen LogP contribution >= 0.6 is 11.3 Å². The van der Waals surface area contributed by atoms with Crippen molar-refractivity contribution in [3.8, 4) is 5.75 Å². The van der Waals surface area contributed by atoms with E-state index in [9.17, 15) is 4.79 Å². The van der Waals surface area contributed by atoms with Gasteiger partial charge in [0.1, 0.15) is 10.6 Å². The second kappa shape index (κ2) is 6.38. The van der Waals surface area contributed by atoms with Gasteiger partial charge in [-0.25, -0.2) is 9.78 Å². The number of ether oxygens (including phenoxy) is 1. The van der Waals surface area contributed by atoms with E-state index in [4.69, 9.17) is 9.84 Å². The van der Waals surface area contributed by atoms with E-state index in [1.165, 1.54) is 16.9 Å². The molecule has 0 aliphatic carbocycles. The molecule has 6 heteroatoms. The van der Waals surface area contributed by atoms with Crippen LogP contribution in [-0.2, 0) is 6.42 Å². The average Bonchev–Trinajstić information content (AvgIpc) is 2.81. The average molecular weight is 292 g/mol. The first-order valence-electron chi connectivity index (χ1n) is 6.17. The predicted molar refractivity (Wildman–Crippen MR) is 79.0 cm³/mol. The van der Waals surface area contributed by atoms with Crippen molar-refractivity contribution >= 4 is 22.4 Å². The number of hydrogen-bond acceptors (Lipinski definition) is 5. The minimum Gasteiger partial charge on any atom is -0.497 e. The van der Waals surface area contributed by atoms with Crippen LogP contribution in [0.3, 0.4) is 0 Å². The SMILES string of the molecule is COc1ccc(CCNc2nc(C)c(C(=O)O)s2)cc1. The summed E-state index contributed by atoms with van der Waals surface area (Å²) in [5.74, 6) is -0.0911. The second-order valence-corrected chi connectivity index (χ2v) is 5.26. The molecule has 0 fully saturated rings. The first-order valence-corrected chi connectivity index (χ1v) is 6.99. The van der Waals surface area contributed by atoms with E-state index in [1.807, 2.05) is 24.3 Å². The Hall–Kier alpha value is -2.08. The van der Waals surface area contributed by atoms with Gasteiger partial charge in [0.25, 0.3) is 0 Å². The zero-order chi connectivity index (χ0) is 14.5. The Labute approximate surface area is 121 Å². The van der Waals surface area contributed by atoms with Crippen molar-refractivity contribution in [2.75, 3.05) is 19.0 Å². The molecule has 5 nitrogen and oxygen atoms in total. The molecule has 0 saturated carbocycles. The van der Waals surface area contributed by atoms with E-state index in [1.54, 1.807) is 14.0 Å². The van der Waals surface area contributed by atoms with Gasteiger partial charge < -0.3 is 15.2 Å². The molecule has 0 spiro atoms. The molecule has 1 aromatic heterocycles. The summed E-state index contributed by atoms with van der Waals surface area (Å²) in [7, 11) is 1.64. The molecule has 0 aliphatic heterocycles. The van der Waals surface area contributed by atoms with Crippen molar-refractivity contribution in [2.45, 2.75) is 13.3 Å². The standard InChI is InChI=1S/C14H16N2O3S/c1-9-12(13(17)18)20-14(16-9)15-8-7-10-3-5-11(19-2)6-4-10/h3-6H,7-8H2,1-2H3,(H,15,16)(H,17,18). The molecule has 0 saturated heterocycles. The number of aromatic nitrogens is 1. The number of carboxylic acid groups (broad SMARTS) is 1. The van der Waals surface area contributed by atoms with Crippen LogP contribution in [0, 0.1) is 6.92 Å². The van der Waals surface area contributed by atoms with Crippen LogP contribution in [0.25, 0.3) is 0 Å². The van der Waals surface area contributed by atoms with Crippen molar-refractivity contribution in [1.82, 2.24) is 4.98 Å². The molecule has 106 valence electrons. The van der Waals surface area contributed by atoms with Crippen molar-refractivity contribution < 1.29 is 14.6 Å². The third-order valence-corrected chi connectivity index (χ3v) is 3.94. The van der Waals surface area contributed by atoms with Gasteiger partial charge in [0.2, 0.25) is 0 Å². The predicted octanol–water partition coefficient (Wildman–Crippen LogP) is 2.81. The summed E-state index contributed by atoms with van der Waals surface area (Å²) in [6.07, 6.45) is 0.838. The molecule has 2 N–H and O–H groups in total. The van der Waals surface area contributed by atoms with Gasteiger partial charge in [-0.15, -0.1) is 0 Å². The quantitative estimate of drug-likeness (QED) is 0.856. The minimum atomic E-state index is -0.928. The highest BCUT2D eigenvalue weighted by Gasteiger charge is 2.13. The Morgan fingerprint density at radius 3 is 2.65 bits per heavy atom. The van der Waals surface area contributed by atoms with Gasteiger partial charge in [0.15, 0.2) is 5.13 Å². The van der Waals surface area contributed by atoms with Gasteiger partial charge in [-0.1, -0.05) is 23.5 Å². The maximum absolute atomic E-state index is 10.9. The smallest absolute Gasteiger partial charge is 0.347 e. The molecule has 2 aromatic rings. The summed E-state index contributed by atoms with van der Waals surface area (Å²) < 4.78 is 5.10. The zero-order valence-electron chi connectivity index (χ0n) is 11.3. The summed E-state index contributed by atoms with van der Waals surface area (Å²) >= 11 is 1.17. The van der Waals surface area contributed by atoms with E-state index in [0.29, 0.717) is 17.4 Å². The third kappa shape index (κ3) is 3.48. The van der Waals surface area contributed by atoms with E-state index >= 15 is 0 Å². The molecule has 0 atom stereocenters. The van der Waals surface area contributed by atoms with Gasteiger partial charge in [-0.3, -0.25) is 0 Å². The molecule has 0 bridgehead atoms. The van der Waals surface area contributed by atoms with Crippen LogP contribution < -0.4 is 10.1 Å². The summed E-state index contributed by atoms with van der Waals surface area (Å²) in [6.45, 7) is 2.41. The van der Waals surface area contributed by atoms with E-state index in [-0.39, 0.29) is 4.88 Å². The molecular formula is C14H16N2O3S. The second-order valence-electron chi connectivity index (χ2n) is 4.26. The molecule has 20 heavy (non-hydrogen) atoms. The van der Waals surface area contributed by atoms with E-state index in [0.717, 1.165) is 12.2 Å². The highest BCUT2D eigenvalue weighted by Crippen LogP contribution is 2.22. The van der Waals surface area contributed by atoms with Crippen molar-refractivity contribution in [3.63, 3.8) is 0 Å². The lowest BCUT2D eigenvalue weighted by Crippen LogP contribution is -2.04. The van der Waals surface area contributed by atoms with Crippen LogP contribution in [0.5, 0.6) is 5.75 Å². The normalized spacial score (nSPS) is 10.3. The number of anilines is 1. The number of thiazole rings is 1. The maximum Gasteiger partial charge on any atom is 0.347 e. The molecule has 1 heterocycles. The lowest BCUT2D eigenvalue weighted by molar-refractivity contribution is 0.0701. The summed E-state index contributed by atoms with van der Waals surface area (Å²) in [4.78, 5) is 15.4. The number of aromatic carboxylic acids is 1. The van der Waals surface area contributed by atoms with E-state index < -0.39 is 5.97 Å². The van der Waals surface area contributed by atoms with Crippen LogP contribution in [-0.4, -0.2) is 29.7 Å². The Morgan fingerprint density at radius 2 is 2.10 bits per heavy atom. The molecule has 1 aromatic carbocycles. The summed E-state index contributed by atoms with van der Waals surface area (Å²) in [6, 6.07) is 7.86. The van der Waals surface area contributed by atoms with Gasteiger partial charge >= 0.3 is 5.97 Å². The summed E-state index contributed by atoms with van der Waals surface area (Å²) in [5, 5.41) is 12.8. The number of hydrogen-bond donors (Lipinski definition) is 2. The fourth-order valence-electron chi connectivity index (χ4n) is 1.78. The molecule has 0 unspecified atom stereocenters. The van der Waals surface area contributed by atoms with Crippen LogP contribution in [0.1, 0.15) is 20.9 Å². The van der Waals surface area contributed by atoms with Gasteiger partial charge in [0, 0.05) is 6.54 Å². The highest BCUT2D eigenvalue weighted by molar-refractivity contribution is 7.17. The number of benzene rings is 1. The third-order valence-electron chi connectivity index (χ3n) is 2.84. The van der Waals surface area contributed by atoms with Crippen LogP contribution in [0.15, 0.2) is 24.3 Å². The number of carboxylic acids is 1. The monoisotopic (exact) mass is 292 g/mol. The molecule has 0 radical (unpaired) electrons. The maximum atomic E-state index is 10.9. The highest BCUT2D eigenvalue weighted by atomic mass is 32.1. The first kappa shape index (κ1) is 14.3. The number of nitrogens with zero attached hydrogens (tertiary/aromatic N) is 1. The van der Waals surface area contributed by atoms with Crippen LogP contribution in [0.4, 0.5) is 5.13 Å². The Bertz CT molecular complexity index is 593. The fourth-order valence-corrected chi connectivity index (χ4v) is 2.61. The number of methoxy groups -OCH3 is 1. The van der Waals surface area contributed by atoms with Crippen molar-refractivity contribution in [2.24, 2.45) is 0 Å². The molecule has 0 aliphatic rings. The molecule has 2 rings (SSSR count).